The first-order valence-electron chi connectivity index (χ1n) is 4.95. The molecule has 0 bridgehead atoms. The second-order valence-electron chi connectivity index (χ2n) is 3.04. The van der Waals surface area contributed by atoms with Crippen LogP contribution in [-0.4, -0.2) is 26.0 Å². The van der Waals surface area contributed by atoms with Crippen molar-refractivity contribution >= 4 is 28.2 Å². The molecule has 0 spiro atoms. The number of nitrogens with one attached hydrogen (secondary N) is 1. The van der Waals surface area contributed by atoms with E-state index >= 15 is 0 Å². The first kappa shape index (κ1) is 14.1. The van der Waals surface area contributed by atoms with Crippen LogP contribution in [0.1, 0.15) is 5.56 Å². The average Bonchev–Trinajstić information content (AvgIpc) is 2.37. The minimum atomic E-state index is -0.646. The van der Waals surface area contributed by atoms with Gasteiger partial charge in [-0.15, -0.1) is 6.42 Å². The molecule has 1 rings (SSSR count). The van der Waals surface area contributed by atoms with Crippen LogP contribution in [0.2, 0.25) is 0 Å². The molecule has 0 heterocycles. The number of rotatable bonds is 4. The molecule has 0 fully saturated rings. The molecule has 0 aromatic heterocycles. The Morgan fingerprint density at radius 2 is 2.44 bits per heavy atom. The van der Waals surface area contributed by atoms with E-state index in [1.54, 1.807) is 12.1 Å². The van der Waals surface area contributed by atoms with E-state index in [-0.39, 0.29) is 6.61 Å². The number of benzene rings is 1. The minimum Gasteiger partial charge on any atom is -0.480 e. The van der Waals surface area contributed by atoms with Crippen molar-refractivity contribution in [2.75, 3.05) is 13.7 Å². The van der Waals surface area contributed by atoms with E-state index in [1.165, 1.54) is 13.3 Å². The van der Waals surface area contributed by atoms with E-state index in [1.807, 2.05) is 6.07 Å². The van der Waals surface area contributed by atoms with Crippen LogP contribution in [0.15, 0.2) is 27.8 Å². The molecule has 0 saturated heterocycles. The molecule has 1 aromatic rings. The van der Waals surface area contributed by atoms with Crippen LogP contribution in [0, 0.1) is 12.3 Å². The fourth-order valence-corrected chi connectivity index (χ4v) is 1.43. The Labute approximate surface area is 113 Å². The lowest BCUT2D eigenvalue weighted by atomic mass is 10.2. The SMILES string of the molecule is C#CCOc1ccc(Br)cc1/C=N/OC(=O)NC. The molecule has 0 atom stereocenters. The number of nitrogens with zero attached hydrogens (tertiary/aromatic N) is 1. The summed E-state index contributed by atoms with van der Waals surface area (Å²) in [6.07, 6.45) is 5.84. The summed E-state index contributed by atoms with van der Waals surface area (Å²) < 4.78 is 6.17. The second-order valence-corrected chi connectivity index (χ2v) is 3.95. The highest BCUT2D eigenvalue weighted by Crippen LogP contribution is 2.21. The lowest BCUT2D eigenvalue weighted by molar-refractivity contribution is 0.154. The summed E-state index contributed by atoms with van der Waals surface area (Å²) in [6.45, 7) is 0.152. The van der Waals surface area contributed by atoms with E-state index in [0.717, 1.165) is 4.47 Å². The quantitative estimate of drug-likeness (QED) is 0.401. The number of carbonyl (C=O) groups excluding carboxylic acids is 1. The van der Waals surface area contributed by atoms with E-state index < -0.39 is 6.09 Å². The number of terminal acetylenes is 1. The van der Waals surface area contributed by atoms with Gasteiger partial charge >= 0.3 is 6.09 Å². The third-order valence-electron chi connectivity index (χ3n) is 1.81. The van der Waals surface area contributed by atoms with Crippen LogP contribution in [0.3, 0.4) is 0 Å². The first-order valence-corrected chi connectivity index (χ1v) is 5.74. The molecule has 6 heteroatoms. The number of hydrogen-bond acceptors (Lipinski definition) is 4. The molecule has 5 nitrogen and oxygen atoms in total. The summed E-state index contributed by atoms with van der Waals surface area (Å²) in [5.74, 6) is 2.92. The lowest BCUT2D eigenvalue weighted by Gasteiger charge is -2.06. The Morgan fingerprint density at radius 1 is 1.67 bits per heavy atom. The van der Waals surface area contributed by atoms with Crippen LogP contribution >= 0.6 is 15.9 Å². The van der Waals surface area contributed by atoms with Crippen molar-refractivity contribution in [1.29, 1.82) is 0 Å². The number of amides is 1. The van der Waals surface area contributed by atoms with Crippen LogP contribution in [0.4, 0.5) is 4.79 Å². The third-order valence-corrected chi connectivity index (χ3v) is 2.31. The van der Waals surface area contributed by atoms with Crippen molar-refractivity contribution in [3.63, 3.8) is 0 Å². The maximum Gasteiger partial charge on any atom is 0.433 e. The number of oxime groups is 1. The zero-order valence-corrected chi connectivity index (χ0v) is 11.2. The number of hydrogen-bond donors (Lipinski definition) is 1. The molecular weight excluding hydrogens is 300 g/mol. The zero-order chi connectivity index (χ0) is 13.4. The number of ether oxygens (including phenoxy) is 1. The maximum absolute atomic E-state index is 10.8. The summed E-state index contributed by atoms with van der Waals surface area (Å²) in [7, 11) is 1.44. The van der Waals surface area contributed by atoms with Crippen LogP contribution < -0.4 is 10.1 Å². The molecule has 1 N–H and O–H groups in total. The molecule has 94 valence electrons. The van der Waals surface area contributed by atoms with Gasteiger partial charge in [-0.3, -0.25) is 4.84 Å². The van der Waals surface area contributed by atoms with Crippen molar-refractivity contribution in [2.45, 2.75) is 0 Å². The van der Waals surface area contributed by atoms with Crippen molar-refractivity contribution in [3.05, 3.63) is 28.2 Å². The molecule has 0 aliphatic carbocycles. The van der Waals surface area contributed by atoms with Gasteiger partial charge in [-0.05, 0) is 18.2 Å². The van der Waals surface area contributed by atoms with E-state index in [9.17, 15) is 4.79 Å². The molecule has 1 amide bonds. The third kappa shape index (κ3) is 4.47. The van der Waals surface area contributed by atoms with Gasteiger partial charge < -0.3 is 10.1 Å². The second kappa shape index (κ2) is 7.35. The highest BCUT2D eigenvalue weighted by atomic mass is 79.9. The molecule has 0 aliphatic rings. The summed E-state index contributed by atoms with van der Waals surface area (Å²) >= 11 is 3.32. The van der Waals surface area contributed by atoms with E-state index in [4.69, 9.17) is 11.2 Å². The monoisotopic (exact) mass is 310 g/mol. The molecule has 1 aromatic carbocycles. The smallest absolute Gasteiger partial charge is 0.433 e. The Bertz CT molecular complexity index is 495. The van der Waals surface area contributed by atoms with Gasteiger partial charge in [-0.1, -0.05) is 27.0 Å². The fourth-order valence-electron chi connectivity index (χ4n) is 1.05. The molecule has 0 saturated carbocycles. The summed E-state index contributed by atoms with van der Waals surface area (Å²) in [5, 5.41) is 5.80. The van der Waals surface area contributed by atoms with Crippen LogP contribution in [0.5, 0.6) is 5.75 Å². The summed E-state index contributed by atoms with van der Waals surface area (Å²) in [5.41, 5.74) is 0.642. The Balaban J connectivity index is 2.82. The fraction of sp³-hybridized carbons (Fsp3) is 0.167. The molecule has 18 heavy (non-hydrogen) atoms. The Morgan fingerprint density at radius 3 is 3.11 bits per heavy atom. The summed E-state index contributed by atoms with van der Waals surface area (Å²) in [4.78, 5) is 15.3. The van der Waals surface area contributed by atoms with Crippen LogP contribution in [-0.2, 0) is 4.84 Å². The maximum atomic E-state index is 10.8. The highest BCUT2D eigenvalue weighted by Gasteiger charge is 2.03. The zero-order valence-electron chi connectivity index (χ0n) is 9.64. The largest absolute Gasteiger partial charge is 0.480 e. The standard InChI is InChI=1S/C12H11BrN2O3/c1-3-6-17-11-5-4-10(13)7-9(11)8-15-18-12(16)14-2/h1,4-5,7-8H,6H2,2H3,(H,14,16)/b15-8+. The van der Waals surface area contributed by atoms with Crippen molar-refractivity contribution in [2.24, 2.45) is 5.16 Å². The van der Waals surface area contributed by atoms with Crippen LogP contribution in [0.25, 0.3) is 0 Å². The number of halogens is 1. The molecule has 0 unspecified atom stereocenters. The van der Waals surface area contributed by atoms with Gasteiger partial charge in [0.05, 0.1) is 6.21 Å². The Kier molecular flexibility index (Phi) is 5.74. The highest BCUT2D eigenvalue weighted by molar-refractivity contribution is 9.10. The van der Waals surface area contributed by atoms with Gasteiger partial charge in [0, 0.05) is 17.1 Å². The number of carbonyl (C=O) groups is 1. The van der Waals surface area contributed by atoms with E-state index in [0.29, 0.717) is 11.3 Å². The normalized spacial score (nSPS) is 9.83. The van der Waals surface area contributed by atoms with Gasteiger partial charge in [-0.25, -0.2) is 4.79 Å². The topological polar surface area (TPSA) is 59.9 Å². The summed E-state index contributed by atoms with van der Waals surface area (Å²) in [6, 6.07) is 5.31. The van der Waals surface area contributed by atoms with Crippen molar-refractivity contribution < 1.29 is 14.4 Å². The predicted octanol–water partition coefficient (Wildman–Crippen LogP) is 2.15. The van der Waals surface area contributed by atoms with Gasteiger partial charge in [-0.2, -0.15) is 0 Å². The average molecular weight is 311 g/mol. The first-order chi connectivity index (χ1) is 8.67. The van der Waals surface area contributed by atoms with Gasteiger partial charge in [0.1, 0.15) is 12.4 Å². The van der Waals surface area contributed by atoms with Crippen molar-refractivity contribution in [3.8, 4) is 18.1 Å². The minimum absolute atomic E-state index is 0.152. The van der Waals surface area contributed by atoms with Crippen molar-refractivity contribution in [1.82, 2.24) is 5.32 Å². The Hall–Kier alpha value is -2.00. The molecule has 0 radical (unpaired) electrons. The predicted molar refractivity (Wildman–Crippen MR) is 71.6 cm³/mol. The lowest BCUT2D eigenvalue weighted by Crippen LogP contribution is -2.16. The van der Waals surface area contributed by atoms with Gasteiger partial charge in [0.25, 0.3) is 0 Å². The van der Waals surface area contributed by atoms with Gasteiger partial charge in [0.15, 0.2) is 0 Å². The van der Waals surface area contributed by atoms with E-state index in [2.05, 4.69) is 37.2 Å². The molecule has 0 aliphatic heterocycles. The van der Waals surface area contributed by atoms with Gasteiger partial charge in [0.2, 0.25) is 0 Å². The molecular formula is C12H11BrN2O3.